The van der Waals surface area contributed by atoms with Crippen molar-refractivity contribution in [2.24, 2.45) is 11.1 Å². The summed E-state index contributed by atoms with van der Waals surface area (Å²) in [4.78, 5) is 4.55. The lowest BCUT2D eigenvalue weighted by atomic mass is 9.72. The summed E-state index contributed by atoms with van der Waals surface area (Å²) in [6, 6.07) is 0. The molecule has 2 fully saturated rings. The first-order valence-corrected chi connectivity index (χ1v) is 8.69. The van der Waals surface area contributed by atoms with Crippen LogP contribution in [-0.4, -0.2) is 34.8 Å². The van der Waals surface area contributed by atoms with E-state index in [0.717, 1.165) is 30.4 Å². The minimum Gasteiger partial charge on any atom is -0.368 e. The number of ether oxygens (including phenoxy) is 1. The van der Waals surface area contributed by atoms with Gasteiger partial charge in [0.1, 0.15) is 6.10 Å². The fraction of sp³-hybridized carbons (Fsp3) is 0.857. The summed E-state index contributed by atoms with van der Waals surface area (Å²) >= 11 is 1.88. The first-order valence-electron chi connectivity index (χ1n) is 7.53. The smallest absolute Gasteiger partial charge is 0.227 e. The van der Waals surface area contributed by atoms with Crippen LogP contribution in [0.3, 0.4) is 0 Å². The van der Waals surface area contributed by atoms with E-state index in [2.05, 4.69) is 10.1 Å². The number of aromatic nitrogens is 2. The molecule has 0 aromatic carbocycles. The largest absolute Gasteiger partial charge is 0.368 e. The highest BCUT2D eigenvalue weighted by Crippen LogP contribution is 2.38. The van der Waals surface area contributed by atoms with Crippen LogP contribution >= 0.6 is 11.8 Å². The lowest BCUT2D eigenvalue weighted by Gasteiger charge is -2.34. The number of nitrogens with two attached hydrogens (primary N) is 1. The highest BCUT2D eigenvalue weighted by atomic mass is 32.2. The molecule has 2 N–H and O–H groups in total. The summed E-state index contributed by atoms with van der Waals surface area (Å²) < 4.78 is 11.1. The molecule has 1 atom stereocenters. The minimum atomic E-state index is -0.00793. The zero-order chi connectivity index (χ0) is 13.8. The van der Waals surface area contributed by atoms with E-state index in [1.165, 1.54) is 32.1 Å². The van der Waals surface area contributed by atoms with Crippen molar-refractivity contribution in [3.8, 4) is 0 Å². The number of thioether (sulfide) groups is 1. The van der Waals surface area contributed by atoms with Crippen LogP contribution in [0, 0.1) is 5.41 Å². The van der Waals surface area contributed by atoms with Crippen molar-refractivity contribution in [2.75, 3.05) is 24.7 Å². The Bertz CT molecular complexity index is 426. The molecule has 0 spiro atoms. The van der Waals surface area contributed by atoms with Crippen LogP contribution in [0.25, 0.3) is 0 Å². The van der Waals surface area contributed by atoms with Crippen LogP contribution in [0.2, 0.25) is 0 Å². The maximum absolute atomic E-state index is 6.02. The summed E-state index contributed by atoms with van der Waals surface area (Å²) in [5.41, 5.74) is 6.19. The van der Waals surface area contributed by atoms with Gasteiger partial charge in [0.25, 0.3) is 0 Å². The molecule has 1 saturated heterocycles. The molecule has 1 saturated carbocycles. The Hall–Kier alpha value is -0.590. The van der Waals surface area contributed by atoms with Crippen LogP contribution in [0.4, 0.5) is 0 Å². The highest BCUT2D eigenvalue weighted by molar-refractivity contribution is 7.99. The molecule has 6 heteroatoms. The van der Waals surface area contributed by atoms with E-state index in [4.69, 9.17) is 15.0 Å². The molecule has 1 unspecified atom stereocenters. The number of nitrogens with zero attached hydrogens (tertiary/aromatic N) is 2. The van der Waals surface area contributed by atoms with E-state index >= 15 is 0 Å². The Morgan fingerprint density at radius 3 is 2.85 bits per heavy atom. The quantitative estimate of drug-likeness (QED) is 0.919. The van der Waals surface area contributed by atoms with Gasteiger partial charge in [-0.15, -0.1) is 0 Å². The van der Waals surface area contributed by atoms with E-state index in [0.29, 0.717) is 12.4 Å². The molecule has 1 aromatic heterocycles. The molecule has 1 aliphatic carbocycles. The van der Waals surface area contributed by atoms with Crippen LogP contribution in [-0.2, 0) is 11.2 Å². The Morgan fingerprint density at radius 1 is 1.30 bits per heavy atom. The Kier molecular flexibility index (Phi) is 4.63. The molecular formula is C14H23N3O2S. The molecule has 0 amide bonds. The number of hydrogen-bond donors (Lipinski definition) is 1. The molecular weight excluding hydrogens is 274 g/mol. The minimum absolute atomic E-state index is 0.00793. The molecule has 5 nitrogen and oxygen atoms in total. The summed E-state index contributed by atoms with van der Waals surface area (Å²) in [5, 5.41) is 4.11. The van der Waals surface area contributed by atoms with Crippen molar-refractivity contribution in [1.82, 2.24) is 10.1 Å². The molecule has 2 aliphatic rings. The molecule has 1 aromatic rings. The van der Waals surface area contributed by atoms with Crippen molar-refractivity contribution in [3.05, 3.63) is 11.7 Å². The lowest BCUT2D eigenvalue weighted by Crippen LogP contribution is -2.35. The summed E-state index contributed by atoms with van der Waals surface area (Å²) in [6.07, 6.45) is 7.02. The number of hydrogen-bond acceptors (Lipinski definition) is 6. The van der Waals surface area contributed by atoms with E-state index in [-0.39, 0.29) is 11.5 Å². The molecule has 0 bridgehead atoms. The summed E-state index contributed by atoms with van der Waals surface area (Å²) in [7, 11) is 0. The molecule has 20 heavy (non-hydrogen) atoms. The van der Waals surface area contributed by atoms with E-state index < -0.39 is 0 Å². The molecule has 1 aliphatic heterocycles. The standard InChI is InChI=1S/C14H23N3O2S/c15-10-14(4-2-1-3-5-14)8-12-16-13(17-19-12)11-9-20-7-6-18-11/h11H,1-10,15H2. The van der Waals surface area contributed by atoms with Crippen molar-refractivity contribution in [2.45, 2.75) is 44.6 Å². The zero-order valence-corrected chi connectivity index (χ0v) is 12.7. The first-order chi connectivity index (χ1) is 9.81. The van der Waals surface area contributed by atoms with E-state index in [9.17, 15) is 0 Å². The first kappa shape index (κ1) is 14.4. The fourth-order valence-corrected chi connectivity index (χ4v) is 4.02. The third-order valence-electron chi connectivity index (χ3n) is 4.46. The van der Waals surface area contributed by atoms with Crippen LogP contribution in [0.5, 0.6) is 0 Å². The predicted molar refractivity (Wildman–Crippen MR) is 78.6 cm³/mol. The molecule has 3 rings (SSSR count). The van der Waals surface area contributed by atoms with Crippen molar-refractivity contribution in [1.29, 1.82) is 0 Å². The van der Waals surface area contributed by atoms with Gasteiger partial charge >= 0.3 is 0 Å². The van der Waals surface area contributed by atoms with Crippen molar-refractivity contribution >= 4 is 11.8 Å². The molecule has 112 valence electrons. The average Bonchev–Trinajstić information content (AvgIpc) is 2.97. The summed E-state index contributed by atoms with van der Waals surface area (Å²) in [5.74, 6) is 3.40. The molecule has 0 radical (unpaired) electrons. The van der Waals surface area contributed by atoms with Gasteiger partial charge in [0.2, 0.25) is 11.7 Å². The third kappa shape index (κ3) is 3.18. The van der Waals surface area contributed by atoms with Gasteiger partial charge in [0, 0.05) is 17.9 Å². The van der Waals surface area contributed by atoms with E-state index in [1.54, 1.807) is 0 Å². The zero-order valence-electron chi connectivity index (χ0n) is 11.8. The van der Waals surface area contributed by atoms with Gasteiger partial charge in [-0.3, -0.25) is 0 Å². The second-order valence-corrected chi connectivity index (χ2v) is 7.07. The van der Waals surface area contributed by atoms with Gasteiger partial charge in [-0.1, -0.05) is 24.4 Å². The van der Waals surface area contributed by atoms with Crippen LogP contribution in [0.15, 0.2) is 4.52 Å². The van der Waals surface area contributed by atoms with Gasteiger partial charge in [0.15, 0.2) is 0 Å². The highest BCUT2D eigenvalue weighted by Gasteiger charge is 2.33. The Balaban J connectivity index is 1.66. The Labute approximate surface area is 124 Å². The maximum Gasteiger partial charge on any atom is 0.227 e. The van der Waals surface area contributed by atoms with Crippen LogP contribution in [0.1, 0.15) is 49.9 Å². The normalized spacial score (nSPS) is 26.6. The monoisotopic (exact) mass is 297 g/mol. The Morgan fingerprint density at radius 2 is 2.15 bits per heavy atom. The van der Waals surface area contributed by atoms with Gasteiger partial charge in [0.05, 0.1) is 6.61 Å². The second-order valence-electron chi connectivity index (χ2n) is 5.92. The SMILES string of the molecule is NCC1(Cc2nc(C3CSCCO3)no2)CCCCC1. The maximum atomic E-state index is 6.02. The third-order valence-corrected chi connectivity index (χ3v) is 5.45. The lowest BCUT2D eigenvalue weighted by molar-refractivity contribution is 0.0677. The second kappa shape index (κ2) is 6.45. The van der Waals surface area contributed by atoms with Gasteiger partial charge in [-0.05, 0) is 24.8 Å². The van der Waals surface area contributed by atoms with Gasteiger partial charge < -0.3 is 15.0 Å². The van der Waals surface area contributed by atoms with E-state index in [1.807, 2.05) is 11.8 Å². The fourth-order valence-electron chi connectivity index (χ4n) is 3.18. The van der Waals surface area contributed by atoms with Crippen molar-refractivity contribution < 1.29 is 9.26 Å². The number of rotatable bonds is 4. The van der Waals surface area contributed by atoms with Crippen molar-refractivity contribution in [3.63, 3.8) is 0 Å². The predicted octanol–water partition coefficient (Wildman–Crippen LogP) is 2.33. The van der Waals surface area contributed by atoms with Gasteiger partial charge in [-0.25, -0.2) is 0 Å². The topological polar surface area (TPSA) is 74.2 Å². The summed E-state index contributed by atoms with van der Waals surface area (Å²) in [6.45, 7) is 1.48. The van der Waals surface area contributed by atoms with Gasteiger partial charge in [-0.2, -0.15) is 16.7 Å². The van der Waals surface area contributed by atoms with Crippen LogP contribution < -0.4 is 5.73 Å². The average molecular weight is 297 g/mol. The molecule has 2 heterocycles.